The lowest BCUT2D eigenvalue weighted by Crippen LogP contribution is -2.23. The average Bonchev–Trinajstić information content (AvgIpc) is 3.09. The molecule has 0 saturated carbocycles. The predicted octanol–water partition coefficient (Wildman–Crippen LogP) is 2.38. The molecule has 0 spiro atoms. The van der Waals surface area contributed by atoms with Crippen molar-refractivity contribution in [1.82, 2.24) is 19.7 Å². The van der Waals surface area contributed by atoms with Crippen LogP contribution in [0.3, 0.4) is 0 Å². The second-order valence-corrected chi connectivity index (χ2v) is 6.46. The van der Waals surface area contributed by atoms with Crippen molar-refractivity contribution < 1.29 is 0 Å². The normalized spacial score (nSPS) is 14.0. The number of thiophene rings is 1. The maximum absolute atomic E-state index is 12.7. The van der Waals surface area contributed by atoms with Crippen molar-refractivity contribution >= 4 is 33.8 Å². The minimum absolute atomic E-state index is 0.0118. The van der Waals surface area contributed by atoms with E-state index < -0.39 is 0 Å². The molecule has 5 nitrogen and oxygen atoms in total. The molecule has 0 fully saturated rings. The fourth-order valence-corrected chi connectivity index (χ4v) is 4.39. The molecule has 0 unspecified atom stereocenters. The Bertz CT molecular complexity index is 901. The standard InChI is InChI=1S/C13H12N4OS2/c18-12-10-8-2-1-3-9(8)20-11(10)15-13(19)17(12)6-7-4-5-14-16-7/h4-5H,1-3,6H2,(H,14,16)(H,15,19). The molecule has 1 aliphatic carbocycles. The summed E-state index contributed by atoms with van der Waals surface area (Å²) in [5.41, 5.74) is 2.11. The molecule has 1 aliphatic rings. The van der Waals surface area contributed by atoms with E-state index in [0.29, 0.717) is 11.3 Å². The molecule has 7 heteroatoms. The minimum Gasteiger partial charge on any atom is -0.323 e. The Balaban J connectivity index is 1.97. The Morgan fingerprint density at radius 1 is 1.45 bits per heavy atom. The smallest absolute Gasteiger partial charge is 0.263 e. The first-order chi connectivity index (χ1) is 9.74. The first-order valence-corrected chi connectivity index (χ1v) is 7.72. The fourth-order valence-electron chi connectivity index (χ4n) is 2.80. The molecule has 2 N–H and O–H groups in total. The zero-order valence-electron chi connectivity index (χ0n) is 10.6. The van der Waals surface area contributed by atoms with Crippen molar-refractivity contribution in [3.63, 3.8) is 0 Å². The van der Waals surface area contributed by atoms with Gasteiger partial charge in [-0.1, -0.05) is 0 Å². The quantitative estimate of drug-likeness (QED) is 0.714. The van der Waals surface area contributed by atoms with Crippen LogP contribution in [0.5, 0.6) is 0 Å². The van der Waals surface area contributed by atoms with Gasteiger partial charge in [-0.3, -0.25) is 14.5 Å². The van der Waals surface area contributed by atoms with Crippen LogP contribution in [0.2, 0.25) is 0 Å². The number of fused-ring (bicyclic) bond motifs is 3. The molecule has 20 heavy (non-hydrogen) atoms. The molecule has 0 saturated heterocycles. The van der Waals surface area contributed by atoms with Crippen molar-refractivity contribution in [2.75, 3.05) is 0 Å². The summed E-state index contributed by atoms with van der Waals surface area (Å²) >= 11 is 7.00. The van der Waals surface area contributed by atoms with Crippen LogP contribution in [0.15, 0.2) is 17.1 Å². The number of aromatic amines is 2. The van der Waals surface area contributed by atoms with Crippen LogP contribution in [0.4, 0.5) is 0 Å². The molecule has 0 aliphatic heterocycles. The molecule has 0 atom stereocenters. The summed E-state index contributed by atoms with van der Waals surface area (Å²) in [5.74, 6) is 0. The van der Waals surface area contributed by atoms with E-state index in [9.17, 15) is 4.79 Å². The van der Waals surface area contributed by atoms with Crippen LogP contribution < -0.4 is 5.56 Å². The van der Waals surface area contributed by atoms with Crippen molar-refractivity contribution in [2.24, 2.45) is 0 Å². The number of nitrogens with zero attached hydrogens (tertiary/aromatic N) is 2. The zero-order valence-corrected chi connectivity index (χ0v) is 12.2. The summed E-state index contributed by atoms with van der Waals surface area (Å²) < 4.78 is 2.08. The molecule has 4 rings (SSSR count). The maximum atomic E-state index is 12.7. The van der Waals surface area contributed by atoms with Gasteiger partial charge in [0.1, 0.15) is 4.83 Å². The second-order valence-electron chi connectivity index (χ2n) is 4.96. The van der Waals surface area contributed by atoms with Gasteiger partial charge in [0.2, 0.25) is 0 Å². The lowest BCUT2D eigenvalue weighted by molar-refractivity contribution is 0.714. The van der Waals surface area contributed by atoms with E-state index in [1.54, 1.807) is 22.1 Å². The van der Waals surface area contributed by atoms with E-state index in [4.69, 9.17) is 12.2 Å². The molecular formula is C13H12N4OS2. The summed E-state index contributed by atoms with van der Waals surface area (Å²) in [6, 6.07) is 1.85. The lowest BCUT2D eigenvalue weighted by Gasteiger charge is -2.05. The van der Waals surface area contributed by atoms with Gasteiger partial charge in [-0.25, -0.2) is 0 Å². The molecule has 3 aromatic heterocycles. The number of hydrogen-bond donors (Lipinski definition) is 2. The third-order valence-electron chi connectivity index (χ3n) is 3.73. The number of aryl methyl sites for hydroxylation is 2. The first-order valence-electron chi connectivity index (χ1n) is 6.49. The van der Waals surface area contributed by atoms with Gasteiger partial charge in [0.25, 0.3) is 5.56 Å². The Labute approximate surface area is 123 Å². The predicted molar refractivity (Wildman–Crippen MR) is 81.0 cm³/mol. The van der Waals surface area contributed by atoms with Crippen LogP contribution in [-0.2, 0) is 19.4 Å². The highest BCUT2D eigenvalue weighted by Crippen LogP contribution is 2.34. The van der Waals surface area contributed by atoms with Crippen molar-refractivity contribution in [2.45, 2.75) is 25.8 Å². The highest BCUT2D eigenvalue weighted by molar-refractivity contribution is 7.71. The molecule has 0 radical (unpaired) electrons. The molecule has 0 aromatic carbocycles. The Morgan fingerprint density at radius 3 is 3.15 bits per heavy atom. The Hall–Kier alpha value is -1.73. The number of H-pyrrole nitrogens is 2. The SMILES string of the molecule is O=c1c2c3c(sc2[nH]c(=S)n1Cc1ccn[nH]1)CCC3. The van der Waals surface area contributed by atoms with E-state index in [-0.39, 0.29) is 5.56 Å². The molecule has 0 bridgehead atoms. The topological polar surface area (TPSA) is 66.5 Å². The van der Waals surface area contributed by atoms with E-state index >= 15 is 0 Å². The van der Waals surface area contributed by atoms with Crippen molar-refractivity contribution in [3.05, 3.63) is 43.5 Å². The summed E-state index contributed by atoms with van der Waals surface area (Å²) in [4.78, 5) is 18.2. The van der Waals surface area contributed by atoms with Gasteiger partial charge in [0.05, 0.1) is 17.6 Å². The van der Waals surface area contributed by atoms with Crippen LogP contribution in [0.25, 0.3) is 10.2 Å². The Kier molecular flexibility index (Phi) is 2.64. The summed E-state index contributed by atoms with van der Waals surface area (Å²) in [5, 5.41) is 7.60. The van der Waals surface area contributed by atoms with Crippen LogP contribution >= 0.6 is 23.6 Å². The number of hydrogen-bond acceptors (Lipinski definition) is 4. The summed E-state index contributed by atoms with van der Waals surface area (Å²) in [7, 11) is 0. The fraction of sp³-hybridized carbons (Fsp3) is 0.308. The maximum Gasteiger partial charge on any atom is 0.263 e. The van der Waals surface area contributed by atoms with Crippen LogP contribution in [0.1, 0.15) is 22.6 Å². The van der Waals surface area contributed by atoms with Crippen molar-refractivity contribution in [3.8, 4) is 0 Å². The van der Waals surface area contributed by atoms with E-state index in [0.717, 1.165) is 35.2 Å². The molecule has 102 valence electrons. The van der Waals surface area contributed by atoms with Gasteiger partial charge in [-0.2, -0.15) is 5.10 Å². The van der Waals surface area contributed by atoms with Crippen molar-refractivity contribution in [1.29, 1.82) is 0 Å². The average molecular weight is 304 g/mol. The first kappa shape index (κ1) is 12.0. The third kappa shape index (κ3) is 1.70. The molecule has 3 aromatic rings. The van der Waals surface area contributed by atoms with Gasteiger partial charge in [-0.05, 0) is 43.1 Å². The van der Waals surface area contributed by atoms with Gasteiger partial charge in [-0.15, -0.1) is 11.3 Å². The highest BCUT2D eigenvalue weighted by Gasteiger charge is 2.21. The largest absolute Gasteiger partial charge is 0.323 e. The van der Waals surface area contributed by atoms with E-state index in [2.05, 4.69) is 15.2 Å². The zero-order chi connectivity index (χ0) is 13.7. The van der Waals surface area contributed by atoms with E-state index in [1.165, 1.54) is 10.4 Å². The lowest BCUT2D eigenvalue weighted by atomic mass is 10.2. The second kappa shape index (κ2) is 4.39. The van der Waals surface area contributed by atoms with Gasteiger partial charge in [0, 0.05) is 11.1 Å². The van der Waals surface area contributed by atoms with Gasteiger partial charge in [0.15, 0.2) is 4.77 Å². The van der Waals surface area contributed by atoms with Gasteiger partial charge < -0.3 is 4.98 Å². The number of nitrogens with one attached hydrogen (secondary N) is 2. The third-order valence-corrected chi connectivity index (χ3v) is 5.26. The van der Waals surface area contributed by atoms with Gasteiger partial charge >= 0.3 is 0 Å². The van der Waals surface area contributed by atoms with Crippen LogP contribution in [-0.4, -0.2) is 19.7 Å². The monoisotopic (exact) mass is 304 g/mol. The van der Waals surface area contributed by atoms with E-state index in [1.807, 2.05) is 6.07 Å². The molecule has 0 amide bonds. The summed E-state index contributed by atoms with van der Waals surface area (Å²) in [6.07, 6.45) is 4.90. The molecule has 3 heterocycles. The Morgan fingerprint density at radius 2 is 2.35 bits per heavy atom. The molecular weight excluding hydrogens is 292 g/mol. The number of rotatable bonds is 2. The van der Waals surface area contributed by atoms with Crippen LogP contribution in [0, 0.1) is 4.77 Å². The highest BCUT2D eigenvalue weighted by atomic mass is 32.1. The summed E-state index contributed by atoms with van der Waals surface area (Å²) in [6.45, 7) is 0.425. The minimum atomic E-state index is 0.0118. The number of aromatic nitrogens is 4.